The van der Waals surface area contributed by atoms with Crippen molar-refractivity contribution in [3.63, 3.8) is 0 Å². The van der Waals surface area contributed by atoms with Gasteiger partial charge in [0.2, 0.25) is 5.91 Å². The molecule has 0 aliphatic carbocycles. The molecule has 2 heterocycles. The molecule has 1 unspecified atom stereocenters. The SMILES string of the molecule is CN(C)C(=O)CN1CCCC2(CCCNC2)C1. The Kier molecular flexibility index (Phi) is 4.05. The minimum absolute atomic E-state index is 0.228. The van der Waals surface area contributed by atoms with Gasteiger partial charge in [-0.2, -0.15) is 0 Å². The highest BCUT2D eigenvalue weighted by Crippen LogP contribution is 2.35. The minimum atomic E-state index is 0.228. The number of nitrogens with zero attached hydrogens (tertiary/aromatic N) is 2. The van der Waals surface area contributed by atoms with E-state index in [1.54, 1.807) is 4.90 Å². The second-order valence-electron chi connectivity index (χ2n) is 5.88. The van der Waals surface area contributed by atoms with Crippen LogP contribution < -0.4 is 5.32 Å². The Hall–Kier alpha value is -0.610. The van der Waals surface area contributed by atoms with Crippen molar-refractivity contribution >= 4 is 5.91 Å². The summed E-state index contributed by atoms with van der Waals surface area (Å²) in [5.41, 5.74) is 0.448. The standard InChI is InChI=1S/C13H25N3O/c1-15(2)12(17)9-16-8-4-6-13(11-16)5-3-7-14-10-13/h14H,3-11H2,1-2H3. The summed E-state index contributed by atoms with van der Waals surface area (Å²) < 4.78 is 0. The first-order chi connectivity index (χ1) is 8.11. The molecule has 0 aromatic rings. The second-order valence-corrected chi connectivity index (χ2v) is 5.88. The van der Waals surface area contributed by atoms with Crippen LogP contribution in [0.1, 0.15) is 25.7 Å². The molecule has 0 aromatic heterocycles. The number of likely N-dealkylation sites (tertiary alicyclic amines) is 1. The van der Waals surface area contributed by atoms with Crippen LogP contribution in [0.25, 0.3) is 0 Å². The van der Waals surface area contributed by atoms with Crippen LogP contribution >= 0.6 is 0 Å². The summed E-state index contributed by atoms with van der Waals surface area (Å²) in [7, 11) is 3.68. The molecule has 4 nitrogen and oxygen atoms in total. The Balaban J connectivity index is 1.90. The lowest BCUT2D eigenvalue weighted by Crippen LogP contribution is -2.52. The monoisotopic (exact) mass is 239 g/mol. The fraction of sp³-hybridized carbons (Fsp3) is 0.923. The third-order valence-corrected chi connectivity index (χ3v) is 4.16. The number of amides is 1. The molecule has 2 rings (SSSR count). The number of likely N-dealkylation sites (N-methyl/N-ethyl adjacent to an activating group) is 1. The molecule has 1 amide bonds. The summed E-state index contributed by atoms with van der Waals surface area (Å²) in [6, 6.07) is 0. The van der Waals surface area contributed by atoms with E-state index in [9.17, 15) is 4.79 Å². The largest absolute Gasteiger partial charge is 0.348 e. The van der Waals surface area contributed by atoms with Crippen molar-refractivity contribution in [1.82, 2.24) is 15.1 Å². The van der Waals surface area contributed by atoms with Gasteiger partial charge in [-0.25, -0.2) is 0 Å². The molecule has 2 aliphatic rings. The Morgan fingerprint density at radius 3 is 2.76 bits per heavy atom. The van der Waals surface area contributed by atoms with Gasteiger partial charge in [-0.05, 0) is 44.2 Å². The van der Waals surface area contributed by atoms with E-state index in [1.165, 1.54) is 32.2 Å². The molecule has 2 fully saturated rings. The maximum absolute atomic E-state index is 11.8. The van der Waals surface area contributed by atoms with Crippen LogP contribution in [0.3, 0.4) is 0 Å². The molecule has 0 saturated carbocycles. The van der Waals surface area contributed by atoms with E-state index < -0.39 is 0 Å². The van der Waals surface area contributed by atoms with Crippen molar-refractivity contribution in [2.75, 3.05) is 46.8 Å². The number of rotatable bonds is 2. The maximum atomic E-state index is 11.8. The fourth-order valence-electron chi connectivity index (χ4n) is 3.16. The van der Waals surface area contributed by atoms with Gasteiger partial charge >= 0.3 is 0 Å². The summed E-state index contributed by atoms with van der Waals surface area (Å²) in [5.74, 6) is 0.228. The topological polar surface area (TPSA) is 35.6 Å². The van der Waals surface area contributed by atoms with Gasteiger partial charge in [0, 0.05) is 27.2 Å². The summed E-state index contributed by atoms with van der Waals surface area (Å²) in [5, 5.41) is 3.52. The second kappa shape index (κ2) is 5.36. The first-order valence-electron chi connectivity index (χ1n) is 6.75. The Labute approximate surface area is 104 Å². The van der Waals surface area contributed by atoms with Crippen LogP contribution in [0.5, 0.6) is 0 Å². The van der Waals surface area contributed by atoms with Crippen molar-refractivity contribution < 1.29 is 4.79 Å². The van der Waals surface area contributed by atoms with Gasteiger partial charge in [-0.1, -0.05) is 0 Å². The van der Waals surface area contributed by atoms with E-state index in [0.717, 1.165) is 19.6 Å². The van der Waals surface area contributed by atoms with Gasteiger partial charge < -0.3 is 10.2 Å². The summed E-state index contributed by atoms with van der Waals surface area (Å²) >= 11 is 0. The minimum Gasteiger partial charge on any atom is -0.348 e. The number of carbonyl (C=O) groups is 1. The van der Waals surface area contributed by atoms with Gasteiger partial charge in [-0.3, -0.25) is 9.69 Å². The zero-order valence-electron chi connectivity index (χ0n) is 11.2. The number of hydrogen-bond acceptors (Lipinski definition) is 3. The van der Waals surface area contributed by atoms with Crippen LogP contribution in [0.15, 0.2) is 0 Å². The molecule has 1 spiro atoms. The van der Waals surface area contributed by atoms with E-state index in [0.29, 0.717) is 12.0 Å². The quantitative estimate of drug-likeness (QED) is 0.764. The van der Waals surface area contributed by atoms with Gasteiger partial charge in [0.15, 0.2) is 0 Å². The lowest BCUT2D eigenvalue weighted by Gasteiger charge is -2.45. The normalized spacial score (nSPS) is 30.5. The van der Waals surface area contributed by atoms with E-state index in [2.05, 4.69) is 10.2 Å². The summed E-state index contributed by atoms with van der Waals surface area (Å²) in [6.45, 7) is 5.08. The van der Waals surface area contributed by atoms with Gasteiger partial charge in [-0.15, -0.1) is 0 Å². The lowest BCUT2D eigenvalue weighted by atomic mass is 9.74. The Bertz CT molecular complexity index is 266. The van der Waals surface area contributed by atoms with E-state index in [-0.39, 0.29) is 5.91 Å². The number of piperidine rings is 2. The molecular weight excluding hydrogens is 214 g/mol. The number of nitrogens with one attached hydrogen (secondary N) is 1. The van der Waals surface area contributed by atoms with Crippen LogP contribution in [0.4, 0.5) is 0 Å². The average Bonchev–Trinajstić information content (AvgIpc) is 2.30. The zero-order valence-corrected chi connectivity index (χ0v) is 11.2. The first kappa shape index (κ1) is 12.8. The summed E-state index contributed by atoms with van der Waals surface area (Å²) in [6.07, 6.45) is 5.18. The molecule has 4 heteroatoms. The van der Waals surface area contributed by atoms with Crippen molar-refractivity contribution in [2.24, 2.45) is 5.41 Å². The van der Waals surface area contributed by atoms with E-state index >= 15 is 0 Å². The maximum Gasteiger partial charge on any atom is 0.236 e. The third-order valence-electron chi connectivity index (χ3n) is 4.16. The molecule has 2 aliphatic heterocycles. The van der Waals surface area contributed by atoms with Gasteiger partial charge in [0.25, 0.3) is 0 Å². The molecule has 98 valence electrons. The van der Waals surface area contributed by atoms with Gasteiger partial charge in [0.05, 0.1) is 6.54 Å². The lowest BCUT2D eigenvalue weighted by molar-refractivity contribution is -0.130. The molecule has 2 saturated heterocycles. The van der Waals surface area contributed by atoms with Crippen LogP contribution in [0, 0.1) is 5.41 Å². The molecule has 0 radical (unpaired) electrons. The first-order valence-corrected chi connectivity index (χ1v) is 6.75. The predicted octanol–water partition coefficient (Wildman–Crippen LogP) is 0.540. The number of hydrogen-bond donors (Lipinski definition) is 1. The predicted molar refractivity (Wildman–Crippen MR) is 68.9 cm³/mol. The van der Waals surface area contributed by atoms with Crippen molar-refractivity contribution in [3.05, 3.63) is 0 Å². The van der Waals surface area contributed by atoms with Gasteiger partial charge in [0.1, 0.15) is 0 Å². The third kappa shape index (κ3) is 3.19. The molecule has 17 heavy (non-hydrogen) atoms. The fourth-order valence-corrected chi connectivity index (χ4v) is 3.16. The molecule has 0 aromatic carbocycles. The molecule has 1 atom stereocenters. The van der Waals surface area contributed by atoms with Crippen LogP contribution in [-0.2, 0) is 4.79 Å². The highest BCUT2D eigenvalue weighted by Gasteiger charge is 2.36. The molecule has 1 N–H and O–H groups in total. The van der Waals surface area contributed by atoms with Crippen LogP contribution in [0.2, 0.25) is 0 Å². The van der Waals surface area contributed by atoms with Crippen molar-refractivity contribution in [2.45, 2.75) is 25.7 Å². The Morgan fingerprint density at radius 2 is 2.12 bits per heavy atom. The Morgan fingerprint density at radius 1 is 1.35 bits per heavy atom. The highest BCUT2D eigenvalue weighted by molar-refractivity contribution is 5.77. The van der Waals surface area contributed by atoms with Crippen molar-refractivity contribution in [1.29, 1.82) is 0 Å². The van der Waals surface area contributed by atoms with E-state index in [4.69, 9.17) is 0 Å². The van der Waals surface area contributed by atoms with E-state index in [1.807, 2.05) is 14.1 Å². The van der Waals surface area contributed by atoms with Crippen LogP contribution in [-0.4, -0.2) is 62.5 Å². The smallest absolute Gasteiger partial charge is 0.236 e. The highest BCUT2D eigenvalue weighted by atomic mass is 16.2. The summed E-state index contributed by atoms with van der Waals surface area (Å²) in [4.78, 5) is 15.8. The molecular formula is C13H25N3O. The number of carbonyl (C=O) groups excluding carboxylic acids is 1. The average molecular weight is 239 g/mol. The van der Waals surface area contributed by atoms with Crippen molar-refractivity contribution in [3.8, 4) is 0 Å². The zero-order chi connectivity index (χ0) is 12.3. The molecule has 0 bridgehead atoms.